The Morgan fingerprint density at radius 1 is 1.38 bits per heavy atom. The molecule has 2 rings (SSSR count). The molecule has 1 aliphatic rings. The van der Waals surface area contributed by atoms with Gasteiger partial charge in [0.15, 0.2) is 0 Å². The van der Waals surface area contributed by atoms with E-state index in [0.29, 0.717) is 5.56 Å². The average Bonchev–Trinajstić information content (AvgIpc) is 2.51. The van der Waals surface area contributed by atoms with E-state index in [1.807, 2.05) is 6.92 Å². The van der Waals surface area contributed by atoms with Crippen molar-refractivity contribution >= 4 is 27.0 Å². The number of halogens is 1. The fourth-order valence-corrected chi connectivity index (χ4v) is 3.92. The van der Waals surface area contributed by atoms with Crippen LogP contribution in [0.4, 0.5) is 0 Å². The van der Waals surface area contributed by atoms with Crippen LogP contribution in [0.3, 0.4) is 0 Å². The molecule has 0 spiro atoms. The van der Waals surface area contributed by atoms with Gasteiger partial charge in [0, 0.05) is 17.0 Å². The van der Waals surface area contributed by atoms with Crippen LogP contribution in [0.2, 0.25) is 5.02 Å². The maximum atomic E-state index is 11.9. The summed E-state index contributed by atoms with van der Waals surface area (Å²) < 4.78 is 23.8. The lowest BCUT2D eigenvalue weighted by Crippen LogP contribution is -2.22. The zero-order chi connectivity index (χ0) is 11.9. The molecule has 86 valence electrons. The van der Waals surface area contributed by atoms with Crippen LogP contribution in [0.25, 0.3) is 5.57 Å². The number of fused-ring (bicyclic) bond motifs is 1. The highest BCUT2D eigenvalue weighted by molar-refractivity contribution is 7.95. The molecule has 16 heavy (non-hydrogen) atoms. The van der Waals surface area contributed by atoms with Gasteiger partial charge in [-0.3, -0.25) is 0 Å². The Kier molecular flexibility index (Phi) is 2.82. The van der Waals surface area contributed by atoms with Crippen LogP contribution < -0.4 is 5.32 Å². The highest BCUT2D eigenvalue weighted by atomic mass is 35.5. The molecule has 1 aromatic carbocycles. The molecule has 0 radical (unpaired) electrons. The Hall–Kier alpha value is -0.840. The summed E-state index contributed by atoms with van der Waals surface area (Å²) in [6, 6.07) is 5.12. The summed E-state index contributed by atoms with van der Waals surface area (Å²) in [5.41, 5.74) is 1.47. The summed E-state index contributed by atoms with van der Waals surface area (Å²) in [4.78, 5) is 0.230. The Balaban J connectivity index is 2.70. The molecule has 0 saturated heterocycles. The third-order valence-electron chi connectivity index (χ3n) is 2.74. The third-order valence-corrected chi connectivity index (χ3v) is 4.74. The van der Waals surface area contributed by atoms with Crippen molar-refractivity contribution in [2.75, 3.05) is 7.05 Å². The lowest BCUT2D eigenvalue weighted by molar-refractivity contribution is 0.605. The maximum absolute atomic E-state index is 11.9. The van der Waals surface area contributed by atoms with Gasteiger partial charge in [-0.2, -0.15) is 0 Å². The summed E-state index contributed by atoms with van der Waals surface area (Å²) in [6.07, 6.45) is 0. The predicted octanol–water partition coefficient (Wildman–Crippen LogP) is 2.08. The molecule has 5 heteroatoms. The minimum atomic E-state index is -3.37. The molecule has 0 saturated carbocycles. The van der Waals surface area contributed by atoms with Crippen LogP contribution in [0.5, 0.6) is 0 Å². The number of sulfone groups is 1. The topological polar surface area (TPSA) is 46.2 Å². The van der Waals surface area contributed by atoms with Crippen molar-refractivity contribution in [2.45, 2.75) is 17.9 Å². The van der Waals surface area contributed by atoms with Gasteiger partial charge >= 0.3 is 0 Å². The van der Waals surface area contributed by atoms with Gasteiger partial charge in [-0.15, -0.1) is 0 Å². The van der Waals surface area contributed by atoms with Crippen molar-refractivity contribution in [1.82, 2.24) is 5.32 Å². The normalized spacial score (nSPS) is 19.1. The number of benzene rings is 1. The van der Waals surface area contributed by atoms with Gasteiger partial charge in [-0.25, -0.2) is 8.42 Å². The molecule has 0 aliphatic carbocycles. The second kappa shape index (κ2) is 3.87. The predicted molar refractivity (Wildman–Crippen MR) is 65.1 cm³/mol. The van der Waals surface area contributed by atoms with E-state index in [1.54, 1.807) is 25.2 Å². The quantitative estimate of drug-likeness (QED) is 0.882. The van der Waals surface area contributed by atoms with E-state index in [0.717, 1.165) is 5.57 Å². The van der Waals surface area contributed by atoms with E-state index in [2.05, 4.69) is 5.32 Å². The molecule has 0 fully saturated rings. The van der Waals surface area contributed by atoms with Crippen LogP contribution in [0, 0.1) is 0 Å². The molecule has 1 heterocycles. The number of rotatable bonds is 2. The molecule has 0 amide bonds. The minimum absolute atomic E-state index is 0.0190. The number of likely N-dealkylation sites (N-methyl/N-ethyl adjacent to an activating group) is 1. The summed E-state index contributed by atoms with van der Waals surface area (Å²) in [6.45, 7) is 1.91. The molecular formula is C11H12ClNO2S. The van der Waals surface area contributed by atoms with Crippen molar-refractivity contribution in [1.29, 1.82) is 0 Å². The zero-order valence-corrected chi connectivity index (χ0v) is 10.6. The smallest absolute Gasteiger partial charge is 0.202 e. The van der Waals surface area contributed by atoms with E-state index in [-0.39, 0.29) is 16.0 Å². The van der Waals surface area contributed by atoms with Crippen molar-refractivity contribution in [2.24, 2.45) is 0 Å². The van der Waals surface area contributed by atoms with E-state index in [4.69, 9.17) is 11.6 Å². The molecule has 3 nitrogen and oxygen atoms in total. The Morgan fingerprint density at radius 3 is 2.69 bits per heavy atom. The summed E-state index contributed by atoms with van der Waals surface area (Å²) in [7, 11) is -1.58. The van der Waals surface area contributed by atoms with Crippen LogP contribution in [-0.2, 0) is 9.84 Å². The molecule has 1 atom stereocenters. The molecule has 1 aromatic rings. The van der Waals surface area contributed by atoms with Crippen molar-refractivity contribution in [3.63, 3.8) is 0 Å². The van der Waals surface area contributed by atoms with Crippen LogP contribution in [0.1, 0.15) is 12.5 Å². The van der Waals surface area contributed by atoms with Gasteiger partial charge in [-0.05, 0) is 25.6 Å². The van der Waals surface area contributed by atoms with Crippen LogP contribution >= 0.6 is 11.6 Å². The standard InChI is InChI=1S/C11H12ClNO2S/c1-7(13-2)9-6-16(14,15)11-8(9)4-3-5-10(11)12/h3-7,13H,1-2H3. The van der Waals surface area contributed by atoms with Gasteiger partial charge in [0.2, 0.25) is 9.84 Å². The first-order valence-electron chi connectivity index (χ1n) is 4.90. The Bertz CT molecular complexity index is 563. The third kappa shape index (κ3) is 1.67. The second-order valence-corrected chi connectivity index (χ2v) is 5.89. The number of nitrogens with one attached hydrogen (secondary N) is 1. The van der Waals surface area contributed by atoms with Gasteiger partial charge in [0.1, 0.15) is 0 Å². The van der Waals surface area contributed by atoms with Crippen LogP contribution in [-0.4, -0.2) is 21.5 Å². The van der Waals surface area contributed by atoms with Gasteiger partial charge in [0.05, 0.1) is 9.92 Å². The summed E-state index contributed by atoms with van der Waals surface area (Å²) in [5, 5.41) is 4.61. The monoisotopic (exact) mass is 257 g/mol. The minimum Gasteiger partial charge on any atom is -0.313 e. The highest BCUT2D eigenvalue weighted by Crippen LogP contribution is 2.39. The van der Waals surface area contributed by atoms with Crippen molar-refractivity contribution < 1.29 is 8.42 Å². The summed E-state index contributed by atoms with van der Waals surface area (Å²) in [5.74, 6) is 0. The zero-order valence-electron chi connectivity index (χ0n) is 8.99. The van der Waals surface area contributed by atoms with Crippen molar-refractivity contribution in [3.05, 3.63) is 34.2 Å². The van der Waals surface area contributed by atoms with E-state index >= 15 is 0 Å². The van der Waals surface area contributed by atoms with Gasteiger partial charge < -0.3 is 5.32 Å². The van der Waals surface area contributed by atoms with Gasteiger partial charge in [-0.1, -0.05) is 23.7 Å². The summed E-state index contributed by atoms with van der Waals surface area (Å²) >= 11 is 5.93. The lowest BCUT2D eigenvalue weighted by atomic mass is 10.0. The maximum Gasteiger partial charge on any atom is 0.202 e. The number of hydrogen-bond acceptors (Lipinski definition) is 3. The first kappa shape index (κ1) is 11.6. The molecule has 0 bridgehead atoms. The number of hydrogen-bond donors (Lipinski definition) is 1. The first-order chi connectivity index (χ1) is 7.47. The van der Waals surface area contributed by atoms with E-state index < -0.39 is 9.84 Å². The average molecular weight is 258 g/mol. The second-order valence-electron chi connectivity index (χ2n) is 3.75. The molecule has 1 unspecified atom stereocenters. The SMILES string of the molecule is CNC(C)C1=CS(=O)(=O)c2c(Cl)cccc21. The molecular weight excluding hydrogens is 246 g/mol. The lowest BCUT2D eigenvalue weighted by Gasteiger charge is -2.12. The van der Waals surface area contributed by atoms with Gasteiger partial charge in [0.25, 0.3) is 0 Å². The highest BCUT2D eigenvalue weighted by Gasteiger charge is 2.31. The Labute approximate surface area is 100 Å². The van der Waals surface area contributed by atoms with E-state index in [1.165, 1.54) is 5.41 Å². The molecule has 1 N–H and O–H groups in total. The van der Waals surface area contributed by atoms with Crippen molar-refractivity contribution in [3.8, 4) is 0 Å². The Morgan fingerprint density at radius 2 is 2.06 bits per heavy atom. The van der Waals surface area contributed by atoms with Crippen LogP contribution in [0.15, 0.2) is 28.5 Å². The largest absolute Gasteiger partial charge is 0.313 e. The van der Waals surface area contributed by atoms with E-state index in [9.17, 15) is 8.42 Å². The fourth-order valence-electron chi connectivity index (χ4n) is 1.81. The molecule has 0 aromatic heterocycles. The first-order valence-corrected chi connectivity index (χ1v) is 6.82. The molecule has 1 aliphatic heterocycles. The fraction of sp³-hybridized carbons (Fsp3) is 0.273.